The smallest absolute Gasteiger partial charge is 0.342 e. The Morgan fingerprint density at radius 2 is 1.65 bits per heavy atom. The Kier molecular flexibility index (Phi) is 5.16. The Morgan fingerprint density at radius 3 is 2.13 bits per heavy atom. The molecule has 0 unspecified atom stereocenters. The van der Waals surface area contributed by atoms with Crippen molar-refractivity contribution in [2.45, 2.75) is 13.8 Å². The lowest BCUT2D eigenvalue weighted by molar-refractivity contribution is 0.0526. The normalized spacial score (nSPS) is 10.3. The molecule has 23 heavy (non-hydrogen) atoms. The van der Waals surface area contributed by atoms with Crippen molar-refractivity contribution in [3.05, 3.63) is 29.5 Å². The summed E-state index contributed by atoms with van der Waals surface area (Å²) in [6.45, 7) is 3.81. The largest absolute Gasteiger partial charge is 0.493 e. The molecule has 0 radical (unpaired) electrons. The molecule has 0 saturated heterocycles. The van der Waals surface area contributed by atoms with Crippen molar-refractivity contribution in [3.63, 3.8) is 0 Å². The van der Waals surface area contributed by atoms with Crippen LogP contribution in [0.15, 0.2) is 22.6 Å². The van der Waals surface area contributed by atoms with E-state index in [0.29, 0.717) is 39.9 Å². The molecule has 1 aromatic carbocycles. The predicted octanol–water partition coefficient (Wildman–Crippen LogP) is 3.46. The minimum Gasteiger partial charge on any atom is -0.493 e. The maximum absolute atomic E-state index is 12.1. The third kappa shape index (κ3) is 3.26. The van der Waals surface area contributed by atoms with Gasteiger partial charge in [0, 0.05) is 5.56 Å². The van der Waals surface area contributed by atoms with Crippen LogP contribution in [0, 0.1) is 6.92 Å². The quantitative estimate of drug-likeness (QED) is 0.759. The third-order valence-electron chi connectivity index (χ3n) is 3.28. The fraction of sp³-hybridized carbons (Fsp3) is 0.353. The van der Waals surface area contributed by atoms with Gasteiger partial charge in [0.1, 0.15) is 17.1 Å². The summed E-state index contributed by atoms with van der Waals surface area (Å²) in [6.07, 6.45) is 0. The van der Waals surface area contributed by atoms with Gasteiger partial charge in [-0.15, -0.1) is 0 Å². The molecule has 0 aliphatic heterocycles. The number of esters is 1. The number of hydrogen-bond donors (Lipinski definition) is 0. The molecule has 0 fully saturated rings. The van der Waals surface area contributed by atoms with Crippen molar-refractivity contribution in [1.29, 1.82) is 0 Å². The van der Waals surface area contributed by atoms with Crippen LogP contribution in [-0.2, 0) is 4.74 Å². The van der Waals surface area contributed by atoms with Gasteiger partial charge in [-0.25, -0.2) is 4.79 Å². The van der Waals surface area contributed by atoms with Crippen molar-refractivity contribution >= 4 is 5.97 Å². The average molecular weight is 320 g/mol. The van der Waals surface area contributed by atoms with Crippen molar-refractivity contribution in [3.8, 4) is 28.6 Å². The van der Waals surface area contributed by atoms with Crippen LogP contribution in [0.4, 0.5) is 0 Å². The van der Waals surface area contributed by atoms with Gasteiger partial charge in [-0.1, -0.05) is 0 Å². The molecule has 6 nitrogen and oxygen atoms in total. The number of aryl methyl sites for hydroxylation is 1. The van der Waals surface area contributed by atoms with Gasteiger partial charge in [-0.3, -0.25) is 0 Å². The molecule has 0 atom stereocenters. The zero-order valence-electron chi connectivity index (χ0n) is 13.9. The van der Waals surface area contributed by atoms with E-state index in [2.05, 4.69) is 0 Å². The zero-order chi connectivity index (χ0) is 17.0. The van der Waals surface area contributed by atoms with Gasteiger partial charge >= 0.3 is 5.97 Å². The van der Waals surface area contributed by atoms with Crippen LogP contribution in [-0.4, -0.2) is 33.9 Å². The van der Waals surface area contributed by atoms with E-state index in [4.69, 9.17) is 23.4 Å². The number of methoxy groups -OCH3 is 3. The van der Waals surface area contributed by atoms with E-state index in [9.17, 15) is 4.79 Å². The summed E-state index contributed by atoms with van der Waals surface area (Å²) in [5.41, 5.74) is 0.995. The number of carbonyl (C=O) groups is 1. The average Bonchev–Trinajstić information content (AvgIpc) is 2.95. The van der Waals surface area contributed by atoms with Crippen molar-refractivity contribution < 1.29 is 28.2 Å². The number of carbonyl (C=O) groups excluding carboxylic acids is 1. The second kappa shape index (κ2) is 7.09. The molecular formula is C17H20O6. The highest BCUT2D eigenvalue weighted by molar-refractivity contribution is 5.96. The van der Waals surface area contributed by atoms with E-state index in [1.807, 2.05) is 0 Å². The van der Waals surface area contributed by atoms with Crippen LogP contribution >= 0.6 is 0 Å². The van der Waals surface area contributed by atoms with Gasteiger partial charge in [0.15, 0.2) is 11.5 Å². The minimum atomic E-state index is -0.437. The van der Waals surface area contributed by atoms with Gasteiger partial charge in [0.05, 0.1) is 27.9 Å². The summed E-state index contributed by atoms with van der Waals surface area (Å²) in [7, 11) is 4.59. The molecule has 1 aromatic heterocycles. The Morgan fingerprint density at radius 1 is 1.04 bits per heavy atom. The molecule has 2 aromatic rings. The van der Waals surface area contributed by atoms with Crippen LogP contribution in [0.25, 0.3) is 11.3 Å². The molecule has 0 N–H and O–H groups in total. The molecule has 0 amide bonds. The molecule has 0 bridgehead atoms. The van der Waals surface area contributed by atoms with E-state index in [1.54, 1.807) is 32.0 Å². The Balaban J connectivity index is 2.60. The molecule has 1 heterocycles. The van der Waals surface area contributed by atoms with E-state index < -0.39 is 5.97 Å². The lowest BCUT2D eigenvalue weighted by atomic mass is 10.1. The van der Waals surface area contributed by atoms with E-state index in [1.165, 1.54) is 21.3 Å². The summed E-state index contributed by atoms with van der Waals surface area (Å²) >= 11 is 0. The number of ether oxygens (including phenoxy) is 4. The first-order valence-corrected chi connectivity index (χ1v) is 7.13. The maximum Gasteiger partial charge on any atom is 0.342 e. The van der Waals surface area contributed by atoms with Gasteiger partial charge in [0.25, 0.3) is 0 Å². The monoisotopic (exact) mass is 320 g/mol. The van der Waals surface area contributed by atoms with Crippen LogP contribution in [0.1, 0.15) is 23.0 Å². The lowest BCUT2D eigenvalue weighted by Gasteiger charge is -2.13. The number of benzene rings is 1. The maximum atomic E-state index is 12.1. The molecule has 0 aliphatic rings. The number of hydrogen-bond acceptors (Lipinski definition) is 6. The number of furan rings is 1. The van der Waals surface area contributed by atoms with Crippen LogP contribution in [0.2, 0.25) is 0 Å². The van der Waals surface area contributed by atoms with Crippen LogP contribution in [0.3, 0.4) is 0 Å². The van der Waals surface area contributed by atoms with Gasteiger partial charge < -0.3 is 23.4 Å². The fourth-order valence-corrected chi connectivity index (χ4v) is 2.30. The van der Waals surface area contributed by atoms with Gasteiger partial charge in [-0.2, -0.15) is 0 Å². The SMILES string of the molecule is CCOC(=O)c1cc(C)oc1-c1cc(OC)c(OC)c(OC)c1. The van der Waals surface area contributed by atoms with E-state index >= 15 is 0 Å². The second-order valence-corrected chi connectivity index (χ2v) is 4.73. The molecule has 2 rings (SSSR count). The molecule has 0 spiro atoms. The zero-order valence-corrected chi connectivity index (χ0v) is 13.9. The lowest BCUT2D eigenvalue weighted by Crippen LogP contribution is -2.04. The third-order valence-corrected chi connectivity index (χ3v) is 3.28. The molecule has 0 aliphatic carbocycles. The van der Waals surface area contributed by atoms with Gasteiger partial charge in [0.2, 0.25) is 5.75 Å². The van der Waals surface area contributed by atoms with Crippen molar-refractivity contribution in [2.24, 2.45) is 0 Å². The highest BCUT2D eigenvalue weighted by Gasteiger charge is 2.22. The van der Waals surface area contributed by atoms with Crippen molar-refractivity contribution in [1.82, 2.24) is 0 Å². The standard InChI is InChI=1S/C17H20O6/c1-6-22-17(18)12-7-10(2)23-15(12)11-8-13(19-3)16(21-5)14(9-11)20-4/h7-9H,6H2,1-5H3. The second-order valence-electron chi connectivity index (χ2n) is 4.73. The summed E-state index contributed by atoms with van der Waals surface area (Å²) in [5, 5.41) is 0. The van der Waals surface area contributed by atoms with E-state index in [0.717, 1.165) is 0 Å². The summed E-state index contributed by atoms with van der Waals surface area (Å²) < 4.78 is 26.7. The predicted molar refractivity (Wildman–Crippen MR) is 84.5 cm³/mol. The minimum absolute atomic E-state index is 0.289. The van der Waals surface area contributed by atoms with Crippen molar-refractivity contribution in [2.75, 3.05) is 27.9 Å². The fourth-order valence-electron chi connectivity index (χ4n) is 2.30. The first-order valence-electron chi connectivity index (χ1n) is 7.13. The summed E-state index contributed by atoms with van der Waals surface area (Å²) in [4.78, 5) is 12.1. The first-order chi connectivity index (χ1) is 11.0. The Bertz CT molecular complexity index is 676. The Hall–Kier alpha value is -2.63. The Labute approximate surface area is 134 Å². The first kappa shape index (κ1) is 16.7. The number of rotatable bonds is 6. The molecule has 0 saturated carbocycles. The van der Waals surface area contributed by atoms with Gasteiger partial charge in [-0.05, 0) is 32.0 Å². The molecule has 6 heteroatoms. The summed E-state index contributed by atoms with van der Waals surface area (Å²) in [6, 6.07) is 5.10. The van der Waals surface area contributed by atoms with E-state index in [-0.39, 0.29) is 6.61 Å². The van der Waals surface area contributed by atoms with Crippen LogP contribution in [0.5, 0.6) is 17.2 Å². The molecule has 124 valence electrons. The summed E-state index contributed by atoms with van der Waals surface area (Å²) in [5.74, 6) is 2.00. The topological polar surface area (TPSA) is 67.1 Å². The van der Waals surface area contributed by atoms with Crippen LogP contribution < -0.4 is 14.2 Å². The molecular weight excluding hydrogens is 300 g/mol. The highest BCUT2D eigenvalue weighted by atomic mass is 16.5. The highest BCUT2D eigenvalue weighted by Crippen LogP contribution is 2.42.